The van der Waals surface area contributed by atoms with E-state index >= 15 is 0 Å². The van der Waals surface area contributed by atoms with E-state index in [0.29, 0.717) is 28.8 Å². The Morgan fingerprint density at radius 2 is 1.83 bits per heavy atom. The summed E-state index contributed by atoms with van der Waals surface area (Å²) in [6.45, 7) is 1.18. The van der Waals surface area contributed by atoms with E-state index < -0.39 is 15.9 Å². The molecule has 1 N–H and O–H groups in total. The number of sulfonamides is 1. The van der Waals surface area contributed by atoms with E-state index in [1.165, 1.54) is 27.8 Å². The first-order valence-corrected chi connectivity index (χ1v) is 11.7. The summed E-state index contributed by atoms with van der Waals surface area (Å²) >= 11 is 13.8. The molecular weight excluding hydrogens is 455 g/mol. The number of fused-ring (bicyclic) bond motifs is 1. The van der Waals surface area contributed by atoms with Crippen molar-refractivity contribution in [3.63, 3.8) is 0 Å². The van der Waals surface area contributed by atoms with E-state index in [2.05, 4.69) is 5.32 Å². The Labute approximate surface area is 182 Å². The number of morpholine rings is 1. The lowest BCUT2D eigenvalue weighted by molar-refractivity contribution is 0.0730. The van der Waals surface area contributed by atoms with Crippen LogP contribution in [0.1, 0.15) is 9.67 Å². The summed E-state index contributed by atoms with van der Waals surface area (Å²) in [6, 6.07) is 11.8. The van der Waals surface area contributed by atoms with Gasteiger partial charge in [0.1, 0.15) is 9.77 Å². The normalized spacial score (nSPS) is 15.5. The Morgan fingerprint density at radius 1 is 1.10 bits per heavy atom. The van der Waals surface area contributed by atoms with Gasteiger partial charge in [-0.05, 0) is 24.3 Å². The van der Waals surface area contributed by atoms with Gasteiger partial charge in [-0.25, -0.2) is 8.42 Å². The van der Waals surface area contributed by atoms with Crippen molar-refractivity contribution in [2.45, 2.75) is 4.90 Å². The zero-order valence-electron chi connectivity index (χ0n) is 15.0. The number of rotatable bonds is 4. The molecule has 2 heterocycles. The number of ether oxygens (including phenoxy) is 1. The van der Waals surface area contributed by atoms with Gasteiger partial charge < -0.3 is 10.1 Å². The number of amides is 1. The molecule has 29 heavy (non-hydrogen) atoms. The minimum Gasteiger partial charge on any atom is -0.379 e. The molecule has 1 aliphatic heterocycles. The van der Waals surface area contributed by atoms with Crippen LogP contribution in [0.5, 0.6) is 0 Å². The second kappa shape index (κ2) is 8.22. The lowest BCUT2D eigenvalue weighted by Gasteiger charge is -2.26. The lowest BCUT2D eigenvalue weighted by Crippen LogP contribution is -2.40. The number of benzene rings is 2. The van der Waals surface area contributed by atoms with E-state index in [0.717, 1.165) is 10.1 Å². The first-order valence-electron chi connectivity index (χ1n) is 8.74. The fraction of sp³-hybridized carbons (Fsp3) is 0.211. The van der Waals surface area contributed by atoms with E-state index in [1.54, 1.807) is 6.07 Å². The highest BCUT2D eigenvalue weighted by atomic mass is 35.5. The van der Waals surface area contributed by atoms with Crippen LogP contribution in [0.25, 0.3) is 10.1 Å². The van der Waals surface area contributed by atoms with Crippen molar-refractivity contribution >= 4 is 66.2 Å². The van der Waals surface area contributed by atoms with Crippen LogP contribution in [0.4, 0.5) is 5.69 Å². The van der Waals surface area contributed by atoms with Gasteiger partial charge in [0.05, 0.1) is 23.3 Å². The van der Waals surface area contributed by atoms with Crippen LogP contribution in [0.2, 0.25) is 10.0 Å². The molecule has 4 rings (SSSR count). The number of carbonyl (C=O) groups is 1. The zero-order valence-corrected chi connectivity index (χ0v) is 18.2. The fourth-order valence-corrected chi connectivity index (χ4v) is 6.37. The first kappa shape index (κ1) is 20.6. The fourth-order valence-electron chi connectivity index (χ4n) is 3.05. The Kier molecular flexibility index (Phi) is 5.83. The lowest BCUT2D eigenvalue weighted by atomic mass is 10.2. The van der Waals surface area contributed by atoms with Crippen molar-refractivity contribution in [2.75, 3.05) is 31.6 Å². The van der Waals surface area contributed by atoms with Gasteiger partial charge in [0, 0.05) is 28.9 Å². The maximum atomic E-state index is 12.9. The first-order chi connectivity index (χ1) is 13.9. The predicted molar refractivity (Wildman–Crippen MR) is 116 cm³/mol. The molecule has 10 heteroatoms. The van der Waals surface area contributed by atoms with Crippen LogP contribution in [-0.4, -0.2) is 44.9 Å². The highest BCUT2D eigenvalue weighted by Gasteiger charge is 2.29. The molecule has 0 unspecified atom stereocenters. The highest BCUT2D eigenvalue weighted by Crippen LogP contribution is 2.36. The smallest absolute Gasteiger partial charge is 0.267 e. The minimum absolute atomic E-state index is 0.0543. The number of thiophene rings is 1. The molecule has 1 aliphatic rings. The summed E-state index contributed by atoms with van der Waals surface area (Å²) in [5.41, 5.74) is 0.319. The number of carbonyl (C=O) groups excluding carboxylic acids is 1. The van der Waals surface area contributed by atoms with E-state index in [1.807, 2.05) is 24.3 Å². The Balaban J connectivity index is 1.63. The van der Waals surface area contributed by atoms with Gasteiger partial charge in [-0.2, -0.15) is 4.31 Å². The third-order valence-electron chi connectivity index (χ3n) is 4.52. The van der Waals surface area contributed by atoms with Gasteiger partial charge in [0.25, 0.3) is 5.91 Å². The van der Waals surface area contributed by atoms with Crippen molar-refractivity contribution in [3.05, 3.63) is 57.4 Å². The molecule has 6 nitrogen and oxygen atoms in total. The van der Waals surface area contributed by atoms with Crippen LogP contribution in [0, 0.1) is 0 Å². The molecule has 0 atom stereocenters. The van der Waals surface area contributed by atoms with Gasteiger partial charge >= 0.3 is 0 Å². The third-order valence-corrected chi connectivity index (χ3v) is 8.57. The van der Waals surface area contributed by atoms with Crippen molar-refractivity contribution in [1.29, 1.82) is 0 Å². The third kappa shape index (κ3) is 4.01. The molecule has 3 aromatic rings. The average molecular weight is 471 g/mol. The van der Waals surface area contributed by atoms with E-state index in [-0.39, 0.29) is 23.0 Å². The quantitative estimate of drug-likeness (QED) is 0.609. The minimum atomic E-state index is -3.80. The Hall–Kier alpha value is -1.68. The molecule has 0 saturated carbocycles. The number of halogens is 2. The molecule has 0 spiro atoms. The second-order valence-electron chi connectivity index (χ2n) is 6.36. The predicted octanol–water partition coefficient (Wildman–Crippen LogP) is 4.48. The summed E-state index contributed by atoms with van der Waals surface area (Å²) in [6.07, 6.45) is 0. The number of hydrogen-bond acceptors (Lipinski definition) is 5. The molecular formula is C19H16Cl2N2O4S2. The standard InChI is InChI=1S/C19H16Cl2N2O4S2/c20-14-6-5-12(11-16(14)29(25,26)23-7-9-27-10-8-23)22-19(24)18-17(21)13-3-1-2-4-15(13)28-18/h1-6,11H,7-10H2,(H,22,24). The average Bonchev–Trinajstić information content (AvgIpc) is 3.07. The number of hydrogen-bond donors (Lipinski definition) is 1. The van der Waals surface area contributed by atoms with Crippen LogP contribution < -0.4 is 5.32 Å². The topological polar surface area (TPSA) is 75.7 Å². The van der Waals surface area contributed by atoms with Gasteiger partial charge in [0.15, 0.2) is 0 Å². The Morgan fingerprint density at radius 3 is 2.55 bits per heavy atom. The van der Waals surface area contributed by atoms with Crippen LogP contribution in [0.3, 0.4) is 0 Å². The monoisotopic (exact) mass is 470 g/mol. The van der Waals surface area contributed by atoms with Crippen LogP contribution in [0.15, 0.2) is 47.4 Å². The highest BCUT2D eigenvalue weighted by molar-refractivity contribution is 7.89. The number of nitrogens with one attached hydrogen (secondary N) is 1. The molecule has 1 aromatic heterocycles. The van der Waals surface area contributed by atoms with Crippen LogP contribution >= 0.6 is 34.5 Å². The molecule has 152 valence electrons. The molecule has 0 bridgehead atoms. The molecule has 0 aliphatic carbocycles. The summed E-state index contributed by atoms with van der Waals surface area (Å²) in [5, 5.41) is 3.99. The second-order valence-corrected chi connectivity index (χ2v) is 10.1. The summed E-state index contributed by atoms with van der Waals surface area (Å²) in [4.78, 5) is 13.1. The number of anilines is 1. The SMILES string of the molecule is O=C(Nc1ccc(Cl)c(S(=O)(=O)N2CCOCC2)c1)c1sc2ccccc2c1Cl. The maximum absolute atomic E-state index is 12.9. The van der Waals surface area contributed by atoms with E-state index in [9.17, 15) is 13.2 Å². The van der Waals surface area contributed by atoms with Crippen molar-refractivity contribution < 1.29 is 17.9 Å². The summed E-state index contributed by atoms with van der Waals surface area (Å²) in [5.74, 6) is -0.409. The summed E-state index contributed by atoms with van der Waals surface area (Å²) in [7, 11) is -3.80. The molecule has 1 amide bonds. The summed E-state index contributed by atoms with van der Waals surface area (Å²) < 4.78 is 33.3. The molecule has 1 fully saturated rings. The van der Waals surface area contributed by atoms with E-state index in [4.69, 9.17) is 27.9 Å². The molecule has 2 aromatic carbocycles. The van der Waals surface area contributed by atoms with Gasteiger partial charge in [-0.1, -0.05) is 41.4 Å². The van der Waals surface area contributed by atoms with Crippen LogP contribution in [-0.2, 0) is 14.8 Å². The largest absolute Gasteiger partial charge is 0.379 e. The van der Waals surface area contributed by atoms with Gasteiger partial charge in [0.2, 0.25) is 10.0 Å². The van der Waals surface area contributed by atoms with Crippen molar-refractivity contribution in [1.82, 2.24) is 4.31 Å². The molecule has 1 saturated heterocycles. The zero-order chi connectivity index (χ0) is 20.6. The van der Waals surface area contributed by atoms with Gasteiger partial charge in [-0.15, -0.1) is 11.3 Å². The van der Waals surface area contributed by atoms with Crippen molar-refractivity contribution in [2.24, 2.45) is 0 Å². The maximum Gasteiger partial charge on any atom is 0.267 e. The van der Waals surface area contributed by atoms with Gasteiger partial charge in [-0.3, -0.25) is 4.79 Å². The Bertz CT molecular complexity index is 1190. The molecule has 0 radical (unpaired) electrons. The van der Waals surface area contributed by atoms with Crippen molar-refractivity contribution in [3.8, 4) is 0 Å². The number of nitrogens with zero attached hydrogens (tertiary/aromatic N) is 1.